The summed E-state index contributed by atoms with van der Waals surface area (Å²) in [6.07, 6.45) is 2.31. The number of hydrogen-bond donors (Lipinski definition) is 4. The summed E-state index contributed by atoms with van der Waals surface area (Å²) in [5, 5.41) is 33.0. The number of unbranched alkanes of at least 4 members (excludes halogenated alkanes) is 1. The second-order valence-electron chi connectivity index (χ2n) is 6.67. The van der Waals surface area contributed by atoms with Gasteiger partial charge in [0.05, 0.1) is 18.6 Å². The van der Waals surface area contributed by atoms with Crippen LogP contribution < -0.4 is 10.7 Å². The lowest BCUT2D eigenvalue weighted by Crippen LogP contribution is -2.24. The third-order valence-corrected chi connectivity index (χ3v) is 6.20. The van der Waals surface area contributed by atoms with Crippen molar-refractivity contribution in [3.8, 4) is 17.2 Å². The Morgan fingerprint density at radius 2 is 1.67 bits per heavy atom. The number of carbonyl (C=O) groups is 1. The molecule has 2 rings (SSSR count). The molecular formula is C21H28NO7P. The Labute approximate surface area is 176 Å². The van der Waals surface area contributed by atoms with E-state index in [4.69, 9.17) is 9.05 Å². The van der Waals surface area contributed by atoms with E-state index in [0.717, 1.165) is 18.6 Å². The molecule has 0 saturated carbocycles. The van der Waals surface area contributed by atoms with Crippen molar-refractivity contribution in [2.45, 2.75) is 33.6 Å². The van der Waals surface area contributed by atoms with Crippen molar-refractivity contribution in [2.75, 3.05) is 25.9 Å². The van der Waals surface area contributed by atoms with Gasteiger partial charge in [0, 0.05) is 24.3 Å². The summed E-state index contributed by atoms with van der Waals surface area (Å²) in [7, 11) is -0.907. The molecule has 0 saturated heterocycles. The Morgan fingerprint density at radius 3 is 2.30 bits per heavy atom. The molecule has 4 N–H and O–H groups in total. The number of aryl methyl sites for hydroxylation is 1. The van der Waals surface area contributed by atoms with Gasteiger partial charge >= 0.3 is 0 Å². The number of rotatable bonds is 10. The van der Waals surface area contributed by atoms with Crippen LogP contribution in [0.15, 0.2) is 23.0 Å². The zero-order chi connectivity index (χ0) is 22.3. The molecule has 0 fully saturated rings. The number of amides is 1. The highest BCUT2D eigenvalue weighted by Crippen LogP contribution is 2.40. The van der Waals surface area contributed by atoms with Crippen LogP contribution in [0.3, 0.4) is 0 Å². The number of fused-ring (bicyclic) bond motifs is 1. The van der Waals surface area contributed by atoms with Gasteiger partial charge in [-0.2, -0.15) is 0 Å². The van der Waals surface area contributed by atoms with Gasteiger partial charge in [0.2, 0.25) is 5.43 Å². The van der Waals surface area contributed by atoms with E-state index in [1.165, 1.54) is 12.1 Å². The van der Waals surface area contributed by atoms with Crippen LogP contribution in [-0.2, 0) is 9.05 Å². The van der Waals surface area contributed by atoms with E-state index in [1.54, 1.807) is 6.92 Å². The molecule has 0 unspecified atom stereocenters. The molecule has 0 spiro atoms. The van der Waals surface area contributed by atoms with Crippen LogP contribution in [-0.4, -0.2) is 47.1 Å². The van der Waals surface area contributed by atoms with Crippen molar-refractivity contribution < 1.29 is 29.2 Å². The zero-order valence-electron chi connectivity index (χ0n) is 17.4. The summed E-state index contributed by atoms with van der Waals surface area (Å²) in [5.41, 5.74) is -0.419. The van der Waals surface area contributed by atoms with Crippen molar-refractivity contribution in [3.05, 3.63) is 39.5 Å². The second kappa shape index (κ2) is 11.1. The molecule has 8 nitrogen and oxygen atoms in total. The van der Waals surface area contributed by atoms with Gasteiger partial charge in [-0.05, 0) is 56.7 Å². The molecule has 0 aliphatic heterocycles. The fourth-order valence-electron chi connectivity index (χ4n) is 2.98. The highest BCUT2D eigenvalue weighted by Gasteiger charge is 2.17. The molecule has 0 atom stereocenters. The van der Waals surface area contributed by atoms with Gasteiger partial charge in [-0.3, -0.25) is 9.59 Å². The minimum Gasteiger partial charge on any atom is -0.504 e. The standard InChI is InChI=1S/C21H28NO7P/c1-4-28-30(29-5-2)9-7-6-8-22-21(27)15-11-14-10-13(3)18(24)20(26)17(14)19(25)16(23)12-15/h10-12,24,26H,4-9H2,1-3H3,(H,22,27)(H,23,25). The first-order valence-electron chi connectivity index (χ1n) is 9.84. The lowest BCUT2D eigenvalue weighted by Gasteiger charge is -2.15. The average Bonchev–Trinajstić information content (AvgIpc) is 2.82. The van der Waals surface area contributed by atoms with Crippen molar-refractivity contribution in [3.63, 3.8) is 0 Å². The van der Waals surface area contributed by atoms with Crippen molar-refractivity contribution in [1.29, 1.82) is 0 Å². The summed E-state index contributed by atoms with van der Waals surface area (Å²) in [6.45, 7) is 7.00. The molecule has 30 heavy (non-hydrogen) atoms. The number of benzene rings is 1. The van der Waals surface area contributed by atoms with Crippen LogP contribution >= 0.6 is 8.38 Å². The predicted molar refractivity (Wildman–Crippen MR) is 117 cm³/mol. The zero-order valence-corrected chi connectivity index (χ0v) is 18.3. The van der Waals surface area contributed by atoms with Crippen LogP contribution in [0.2, 0.25) is 0 Å². The summed E-state index contributed by atoms with van der Waals surface area (Å²) in [5.74, 6) is -2.21. The van der Waals surface area contributed by atoms with E-state index in [9.17, 15) is 24.9 Å². The molecule has 1 amide bonds. The van der Waals surface area contributed by atoms with Gasteiger partial charge in [0.15, 0.2) is 25.6 Å². The molecular weight excluding hydrogens is 409 g/mol. The number of aromatic hydroxyl groups is 3. The Balaban J connectivity index is 2.11. The number of phenolic OH excluding ortho intramolecular Hbond substituents is 2. The van der Waals surface area contributed by atoms with Crippen LogP contribution in [0.4, 0.5) is 0 Å². The van der Waals surface area contributed by atoms with Gasteiger partial charge in [-0.25, -0.2) is 0 Å². The quantitative estimate of drug-likeness (QED) is 0.255. The largest absolute Gasteiger partial charge is 0.504 e. The van der Waals surface area contributed by atoms with E-state index in [0.29, 0.717) is 31.7 Å². The molecule has 0 aliphatic rings. The Bertz CT molecular complexity index is 958. The summed E-state index contributed by atoms with van der Waals surface area (Å²) in [6, 6.07) is 3.91. The molecule has 0 radical (unpaired) electrons. The van der Waals surface area contributed by atoms with E-state index in [2.05, 4.69) is 5.32 Å². The van der Waals surface area contributed by atoms with Gasteiger partial charge in [0.25, 0.3) is 5.91 Å². The first kappa shape index (κ1) is 23.9. The lowest BCUT2D eigenvalue weighted by molar-refractivity contribution is 0.0953. The number of carbonyl (C=O) groups excluding carboxylic acids is 1. The van der Waals surface area contributed by atoms with Crippen molar-refractivity contribution in [2.24, 2.45) is 0 Å². The highest BCUT2D eigenvalue weighted by molar-refractivity contribution is 7.47. The molecule has 0 heterocycles. The topological polar surface area (TPSA) is 125 Å². The van der Waals surface area contributed by atoms with Gasteiger partial charge < -0.3 is 29.7 Å². The van der Waals surface area contributed by atoms with Crippen LogP contribution in [0, 0.1) is 6.92 Å². The number of nitrogens with one attached hydrogen (secondary N) is 1. The monoisotopic (exact) mass is 437 g/mol. The smallest absolute Gasteiger partial charge is 0.251 e. The van der Waals surface area contributed by atoms with Gasteiger partial charge in [-0.1, -0.05) is 0 Å². The fourth-order valence-corrected chi connectivity index (χ4v) is 4.37. The molecule has 2 aromatic rings. The maximum absolute atomic E-state index is 12.5. The van der Waals surface area contributed by atoms with Crippen molar-refractivity contribution in [1.82, 2.24) is 5.32 Å². The molecule has 0 bridgehead atoms. The summed E-state index contributed by atoms with van der Waals surface area (Å²) in [4.78, 5) is 24.8. The Morgan fingerprint density at radius 1 is 1.00 bits per heavy atom. The van der Waals surface area contributed by atoms with E-state index < -0.39 is 37.0 Å². The minimum absolute atomic E-state index is 0.0562. The molecule has 9 heteroatoms. The minimum atomic E-state index is -0.907. The lowest BCUT2D eigenvalue weighted by atomic mass is 10.1. The number of hydrogen-bond acceptors (Lipinski definition) is 7. The van der Waals surface area contributed by atoms with Crippen LogP contribution in [0.5, 0.6) is 17.2 Å². The third-order valence-electron chi connectivity index (χ3n) is 4.42. The average molecular weight is 437 g/mol. The van der Waals surface area contributed by atoms with Crippen LogP contribution in [0.25, 0.3) is 10.8 Å². The van der Waals surface area contributed by atoms with Crippen molar-refractivity contribution >= 4 is 25.1 Å². The normalized spacial score (nSPS) is 11.2. The van der Waals surface area contributed by atoms with E-state index >= 15 is 0 Å². The highest BCUT2D eigenvalue weighted by atomic mass is 31.2. The maximum atomic E-state index is 12.5. The maximum Gasteiger partial charge on any atom is 0.251 e. The fraction of sp³-hybridized carbons (Fsp3) is 0.429. The molecule has 2 aromatic carbocycles. The predicted octanol–water partition coefficient (Wildman–Crippen LogP) is 3.52. The SMILES string of the molecule is CCOP(CCCCNC(=O)c1cc(=O)c(O)c2c(O)c(O)c(C)cc2c1)OCC. The molecule has 0 aliphatic carbocycles. The Kier molecular flexibility index (Phi) is 8.84. The third kappa shape index (κ3) is 5.81. The number of phenols is 2. The first-order chi connectivity index (χ1) is 14.3. The molecule has 164 valence electrons. The van der Waals surface area contributed by atoms with E-state index in [1.807, 2.05) is 13.8 Å². The van der Waals surface area contributed by atoms with Gasteiger partial charge in [-0.15, -0.1) is 0 Å². The first-order valence-corrected chi connectivity index (χ1v) is 11.2. The summed E-state index contributed by atoms with van der Waals surface area (Å²) < 4.78 is 11.1. The summed E-state index contributed by atoms with van der Waals surface area (Å²) >= 11 is 0. The van der Waals surface area contributed by atoms with Gasteiger partial charge in [0.1, 0.15) is 0 Å². The van der Waals surface area contributed by atoms with Crippen LogP contribution in [0.1, 0.15) is 42.6 Å². The Hall–Kier alpha value is -2.41. The van der Waals surface area contributed by atoms with E-state index in [-0.39, 0.29) is 16.3 Å². The second-order valence-corrected chi connectivity index (χ2v) is 8.30. The molecule has 0 aromatic heterocycles.